The zero-order valence-electron chi connectivity index (χ0n) is 23.7. The maximum atomic E-state index is 12.3. The molecule has 3 aromatic rings. The molecule has 218 valence electrons. The molecule has 4 heterocycles. The van der Waals surface area contributed by atoms with E-state index in [0.717, 1.165) is 65.3 Å². The van der Waals surface area contributed by atoms with E-state index in [4.69, 9.17) is 21.3 Å². The molecule has 11 heteroatoms. The Balaban J connectivity index is 1.23. The highest BCUT2D eigenvalue weighted by Crippen LogP contribution is 2.41. The summed E-state index contributed by atoms with van der Waals surface area (Å²) in [4.78, 5) is 37.9. The van der Waals surface area contributed by atoms with Crippen molar-refractivity contribution in [3.05, 3.63) is 62.9 Å². The number of nitrogens with one attached hydrogen (secondary N) is 1. The van der Waals surface area contributed by atoms with E-state index in [-0.39, 0.29) is 12.2 Å². The summed E-state index contributed by atoms with van der Waals surface area (Å²) in [6, 6.07) is 8.21. The molecular weight excluding hydrogens is 574 g/mol. The number of carboxylic acid groups (broad SMARTS) is 1. The molecule has 0 saturated carbocycles. The zero-order valence-corrected chi connectivity index (χ0v) is 25.3. The van der Waals surface area contributed by atoms with E-state index in [0.29, 0.717) is 46.3 Å². The van der Waals surface area contributed by atoms with Gasteiger partial charge in [0, 0.05) is 63.7 Å². The standard InChI is InChI=1S/C31H32ClN5O4S/c1-17-10-23(30-29(34-17)25(16-42-30)31(39)40)22-11-19(32)4-7-28(22)41-9-8-37-18(2)35-26-6-5-20(12-24(26)27(37)15-38)36(3)21-13-33-14-21/h4,7,10-11,16,20-21,33H,5-6,8-9,12-14H2,1-3H3,(H,39,40). The summed E-state index contributed by atoms with van der Waals surface area (Å²) in [6.45, 7) is 6.45. The fourth-order valence-corrected chi connectivity index (χ4v) is 7.20. The van der Waals surface area contributed by atoms with Crippen molar-refractivity contribution in [1.29, 1.82) is 0 Å². The molecule has 1 saturated heterocycles. The van der Waals surface area contributed by atoms with Crippen molar-refractivity contribution in [2.24, 2.45) is 4.99 Å². The first-order valence-corrected chi connectivity index (χ1v) is 15.3. The third-order valence-electron chi connectivity index (χ3n) is 8.44. The van der Waals surface area contributed by atoms with Gasteiger partial charge in [-0.1, -0.05) is 11.6 Å². The fraction of sp³-hybridized carbons (Fsp3) is 0.387. The van der Waals surface area contributed by atoms with Gasteiger partial charge in [0.25, 0.3) is 0 Å². The number of aromatic carboxylic acids is 1. The number of likely N-dealkylation sites (N-methyl/N-ethyl adjacent to an activating group) is 1. The summed E-state index contributed by atoms with van der Waals surface area (Å²) in [5.74, 6) is 2.58. The SMILES string of the molecule is CC1=NC2=C(CC(N(C)C3CNC3)CC2)C(=C=O)N1CCOc1ccc(Cl)cc1-c1cc(C)nc2c(C(=O)O)csc12. The molecule has 0 amide bonds. The average molecular weight is 606 g/mol. The number of fused-ring (bicyclic) bond motifs is 1. The Kier molecular flexibility index (Phi) is 7.91. The van der Waals surface area contributed by atoms with Crippen molar-refractivity contribution >= 4 is 50.9 Å². The summed E-state index contributed by atoms with van der Waals surface area (Å²) in [6.07, 6.45) is 2.65. The number of ether oxygens (including phenoxy) is 1. The van der Waals surface area contributed by atoms with Crippen molar-refractivity contribution in [1.82, 2.24) is 20.1 Å². The van der Waals surface area contributed by atoms with Crippen molar-refractivity contribution < 1.29 is 19.4 Å². The molecule has 1 atom stereocenters. The van der Waals surface area contributed by atoms with Crippen LogP contribution in [0, 0.1) is 6.92 Å². The van der Waals surface area contributed by atoms with Crippen molar-refractivity contribution in [3.63, 3.8) is 0 Å². The normalized spacial score (nSPS) is 19.1. The van der Waals surface area contributed by atoms with Gasteiger partial charge in [-0.2, -0.15) is 0 Å². The van der Waals surface area contributed by atoms with Crippen LogP contribution < -0.4 is 10.1 Å². The van der Waals surface area contributed by atoms with E-state index in [9.17, 15) is 14.7 Å². The molecule has 6 rings (SSSR count). The van der Waals surface area contributed by atoms with E-state index in [1.54, 1.807) is 11.4 Å². The molecule has 0 spiro atoms. The van der Waals surface area contributed by atoms with Gasteiger partial charge in [-0.15, -0.1) is 11.3 Å². The number of aliphatic imine (C=N–C) groups is 1. The third kappa shape index (κ3) is 5.25. The third-order valence-corrected chi connectivity index (χ3v) is 9.68. The predicted molar refractivity (Wildman–Crippen MR) is 165 cm³/mol. The first-order valence-electron chi connectivity index (χ1n) is 14.0. The average Bonchev–Trinajstić information content (AvgIpc) is 3.36. The number of halogens is 1. The number of benzene rings is 1. The topological polar surface area (TPSA) is 107 Å². The number of hydrogen-bond donors (Lipinski definition) is 2. The maximum absolute atomic E-state index is 12.3. The highest BCUT2D eigenvalue weighted by molar-refractivity contribution is 7.18. The highest BCUT2D eigenvalue weighted by Gasteiger charge is 2.35. The van der Waals surface area contributed by atoms with Crippen LogP contribution in [0.25, 0.3) is 21.3 Å². The van der Waals surface area contributed by atoms with E-state index in [1.165, 1.54) is 11.3 Å². The number of pyridine rings is 1. The number of carbonyl (C=O) groups excluding carboxylic acids is 1. The molecule has 1 aliphatic carbocycles. The van der Waals surface area contributed by atoms with Gasteiger partial charge >= 0.3 is 5.97 Å². The number of carboxylic acids is 1. The number of aromatic nitrogens is 1. The Bertz CT molecular complexity index is 1690. The Morgan fingerprint density at radius 2 is 2.07 bits per heavy atom. The molecule has 0 bridgehead atoms. The first kappa shape index (κ1) is 28.6. The molecule has 9 nitrogen and oxygen atoms in total. The van der Waals surface area contributed by atoms with Gasteiger partial charge in [0.1, 0.15) is 23.9 Å². The minimum Gasteiger partial charge on any atom is -0.491 e. The number of carbonyl (C=O) groups is 1. The minimum absolute atomic E-state index is 0.173. The van der Waals surface area contributed by atoms with E-state index < -0.39 is 5.97 Å². The van der Waals surface area contributed by atoms with Crippen molar-refractivity contribution in [3.8, 4) is 16.9 Å². The number of amidine groups is 1. The first-order chi connectivity index (χ1) is 20.2. The molecule has 2 aliphatic heterocycles. The summed E-state index contributed by atoms with van der Waals surface area (Å²) in [5, 5.41) is 15.1. The monoisotopic (exact) mass is 605 g/mol. The smallest absolute Gasteiger partial charge is 0.338 e. The largest absolute Gasteiger partial charge is 0.491 e. The number of rotatable bonds is 8. The summed E-state index contributed by atoms with van der Waals surface area (Å²) >= 11 is 7.75. The number of aryl methyl sites for hydroxylation is 1. The lowest BCUT2D eigenvalue weighted by Crippen LogP contribution is -2.59. The second kappa shape index (κ2) is 11.6. The summed E-state index contributed by atoms with van der Waals surface area (Å²) in [7, 11) is 2.18. The van der Waals surface area contributed by atoms with Crippen LogP contribution >= 0.6 is 22.9 Å². The van der Waals surface area contributed by atoms with Gasteiger partial charge < -0.3 is 20.1 Å². The molecule has 0 radical (unpaired) electrons. The van der Waals surface area contributed by atoms with Gasteiger partial charge in [-0.05, 0) is 64.4 Å². The predicted octanol–water partition coefficient (Wildman–Crippen LogP) is 5.16. The molecule has 2 N–H and O–H groups in total. The molecule has 1 fully saturated rings. The lowest BCUT2D eigenvalue weighted by Gasteiger charge is -2.43. The number of thiophene rings is 1. The minimum atomic E-state index is -1.01. The number of nitrogens with zero attached hydrogens (tertiary/aromatic N) is 4. The van der Waals surface area contributed by atoms with Crippen molar-refractivity contribution in [2.45, 2.75) is 45.2 Å². The van der Waals surface area contributed by atoms with Gasteiger partial charge in [0.2, 0.25) is 0 Å². The van der Waals surface area contributed by atoms with Crippen LogP contribution in [0.2, 0.25) is 5.02 Å². The van der Waals surface area contributed by atoms with Gasteiger partial charge in [0.05, 0.1) is 22.3 Å². The molecule has 2 aromatic heterocycles. The van der Waals surface area contributed by atoms with Gasteiger partial charge in [-0.25, -0.2) is 14.6 Å². The van der Waals surface area contributed by atoms with Crippen LogP contribution in [-0.4, -0.2) is 83.0 Å². The van der Waals surface area contributed by atoms with Crippen LogP contribution in [-0.2, 0) is 4.79 Å². The Morgan fingerprint density at radius 3 is 2.79 bits per heavy atom. The van der Waals surface area contributed by atoms with Crippen LogP contribution in [0.15, 0.2) is 51.6 Å². The molecule has 42 heavy (non-hydrogen) atoms. The zero-order chi connectivity index (χ0) is 29.5. The van der Waals surface area contributed by atoms with Gasteiger partial charge in [0.15, 0.2) is 5.94 Å². The lowest BCUT2D eigenvalue weighted by atomic mass is 9.87. The van der Waals surface area contributed by atoms with Crippen LogP contribution in [0.3, 0.4) is 0 Å². The van der Waals surface area contributed by atoms with E-state index in [2.05, 4.69) is 28.2 Å². The van der Waals surface area contributed by atoms with Crippen LogP contribution in [0.1, 0.15) is 42.2 Å². The lowest BCUT2D eigenvalue weighted by molar-refractivity contribution is 0.0699. The molecular formula is C31H32ClN5O4S. The quantitative estimate of drug-likeness (QED) is 0.339. The Hall–Kier alpha value is -3.53. The maximum Gasteiger partial charge on any atom is 0.338 e. The van der Waals surface area contributed by atoms with E-state index >= 15 is 0 Å². The number of allylic oxidation sites excluding steroid dienone is 2. The second-order valence-corrected chi connectivity index (χ2v) is 12.3. The van der Waals surface area contributed by atoms with Crippen molar-refractivity contribution in [2.75, 3.05) is 33.3 Å². The molecule has 1 aromatic carbocycles. The van der Waals surface area contributed by atoms with Crippen LogP contribution in [0.5, 0.6) is 5.75 Å². The molecule has 1 unspecified atom stereocenters. The van der Waals surface area contributed by atoms with Crippen LogP contribution in [0.4, 0.5) is 0 Å². The van der Waals surface area contributed by atoms with E-state index in [1.807, 2.05) is 36.9 Å². The number of hydrogen-bond acceptors (Lipinski definition) is 9. The Morgan fingerprint density at radius 1 is 1.26 bits per heavy atom. The summed E-state index contributed by atoms with van der Waals surface area (Å²) in [5.41, 5.74) is 5.40. The second-order valence-electron chi connectivity index (χ2n) is 11.0. The fourth-order valence-electron chi connectivity index (χ4n) is 6.02. The Labute approximate surface area is 253 Å². The van der Waals surface area contributed by atoms with Gasteiger partial charge in [-0.3, -0.25) is 9.88 Å². The molecule has 3 aliphatic rings. The highest BCUT2D eigenvalue weighted by atomic mass is 35.5. The summed E-state index contributed by atoms with van der Waals surface area (Å²) < 4.78 is 7.07.